The molecule has 2 atom stereocenters. The van der Waals surface area contributed by atoms with E-state index in [1.165, 1.54) is 10.6 Å². The molecule has 0 aromatic heterocycles. The fraction of sp³-hybridized carbons (Fsp3) is 0.481. The Morgan fingerprint density at radius 2 is 1.67 bits per heavy atom. The second kappa shape index (κ2) is 13.7. The van der Waals surface area contributed by atoms with Gasteiger partial charge in [-0.05, 0) is 62.4 Å². The van der Waals surface area contributed by atoms with Crippen LogP contribution in [0.1, 0.15) is 57.6 Å². The molecule has 0 aliphatic rings. The summed E-state index contributed by atoms with van der Waals surface area (Å²) in [4.78, 5) is 28.1. The van der Waals surface area contributed by atoms with Crippen LogP contribution >= 0.6 is 11.6 Å². The van der Waals surface area contributed by atoms with Gasteiger partial charge in [0.05, 0.1) is 11.9 Å². The van der Waals surface area contributed by atoms with Crippen LogP contribution < -0.4 is 9.62 Å². The molecule has 0 saturated carbocycles. The number of nitrogens with one attached hydrogen (secondary N) is 1. The third-order valence-electron chi connectivity index (χ3n) is 6.19. The van der Waals surface area contributed by atoms with Crippen molar-refractivity contribution in [3.05, 3.63) is 64.7 Å². The van der Waals surface area contributed by atoms with Crippen molar-refractivity contribution in [3.8, 4) is 0 Å². The Morgan fingerprint density at radius 3 is 2.22 bits per heavy atom. The van der Waals surface area contributed by atoms with Crippen molar-refractivity contribution in [2.24, 2.45) is 0 Å². The Bertz CT molecular complexity index is 1120. The van der Waals surface area contributed by atoms with Gasteiger partial charge in [-0.3, -0.25) is 13.9 Å². The average molecular weight is 536 g/mol. The molecule has 0 saturated heterocycles. The summed E-state index contributed by atoms with van der Waals surface area (Å²) < 4.78 is 26.3. The van der Waals surface area contributed by atoms with E-state index in [0.29, 0.717) is 23.6 Å². The molecule has 0 aliphatic heterocycles. The Morgan fingerprint density at radius 1 is 1.03 bits per heavy atom. The van der Waals surface area contributed by atoms with Crippen molar-refractivity contribution >= 4 is 39.1 Å². The van der Waals surface area contributed by atoms with Gasteiger partial charge < -0.3 is 10.2 Å². The number of amides is 2. The molecule has 0 fully saturated rings. The third-order valence-corrected chi connectivity index (χ3v) is 7.62. The van der Waals surface area contributed by atoms with Gasteiger partial charge in [0, 0.05) is 30.6 Å². The van der Waals surface area contributed by atoms with Gasteiger partial charge in [-0.1, -0.05) is 55.8 Å². The normalized spacial score (nSPS) is 13.1. The van der Waals surface area contributed by atoms with Gasteiger partial charge in [-0.15, -0.1) is 0 Å². The maximum absolute atomic E-state index is 13.5. The van der Waals surface area contributed by atoms with Crippen molar-refractivity contribution in [3.63, 3.8) is 0 Å². The van der Waals surface area contributed by atoms with Crippen LogP contribution in [0.5, 0.6) is 0 Å². The summed E-state index contributed by atoms with van der Waals surface area (Å²) in [6, 6.07) is 13.8. The Labute approximate surface area is 220 Å². The van der Waals surface area contributed by atoms with E-state index in [0.717, 1.165) is 17.5 Å². The molecule has 2 amide bonds. The molecule has 2 aromatic rings. The number of rotatable bonds is 13. The quantitative estimate of drug-likeness (QED) is 0.394. The molecule has 0 radical (unpaired) electrons. The van der Waals surface area contributed by atoms with Crippen molar-refractivity contribution in [1.29, 1.82) is 0 Å². The van der Waals surface area contributed by atoms with Crippen LogP contribution in [0.3, 0.4) is 0 Å². The minimum Gasteiger partial charge on any atom is -0.352 e. The van der Waals surface area contributed by atoms with E-state index in [-0.39, 0.29) is 37.4 Å². The zero-order valence-corrected chi connectivity index (χ0v) is 23.4. The molecule has 9 heteroatoms. The number of anilines is 1. The van der Waals surface area contributed by atoms with Crippen molar-refractivity contribution in [2.75, 3.05) is 17.1 Å². The smallest absolute Gasteiger partial charge is 0.243 e. The lowest BCUT2D eigenvalue weighted by Crippen LogP contribution is -2.50. The summed E-state index contributed by atoms with van der Waals surface area (Å²) in [6.45, 7) is 8.09. The highest BCUT2D eigenvalue weighted by Gasteiger charge is 2.29. The van der Waals surface area contributed by atoms with Gasteiger partial charge in [0.25, 0.3) is 0 Å². The van der Waals surface area contributed by atoms with Crippen LogP contribution in [0.25, 0.3) is 0 Å². The molecule has 0 heterocycles. The van der Waals surface area contributed by atoms with E-state index in [2.05, 4.69) is 5.32 Å². The fourth-order valence-corrected chi connectivity index (χ4v) is 5.12. The van der Waals surface area contributed by atoms with E-state index < -0.39 is 16.1 Å². The maximum atomic E-state index is 13.5. The Kier molecular flexibility index (Phi) is 11.2. The SMILES string of the molecule is CC[C@@H](C)NC(=O)[C@H](CC)N(Cc1ccc(Cl)cc1)C(=O)CCCN(c1ccccc1C)S(C)(=O)=O. The van der Waals surface area contributed by atoms with Crippen molar-refractivity contribution in [1.82, 2.24) is 10.2 Å². The first-order valence-electron chi connectivity index (χ1n) is 12.4. The highest BCUT2D eigenvalue weighted by Crippen LogP contribution is 2.23. The van der Waals surface area contributed by atoms with Crippen LogP contribution in [-0.4, -0.2) is 50.0 Å². The average Bonchev–Trinajstić information content (AvgIpc) is 2.82. The number of carbonyl (C=O) groups is 2. The van der Waals surface area contributed by atoms with E-state index in [4.69, 9.17) is 11.6 Å². The number of hydrogen-bond acceptors (Lipinski definition) is 4. The van der Waals surface area contributed by atoms with Crippen LogP contribution in [0, 0.1) is 6.92 Å². The number of nitrogens with zero attached hydrogens (tertiary/aromatic N) is 2. The van der Waals surface area contributed by atoms with Crippen molar-refractivity contribution in [2.45, 2.75) is 72.0 Å². The summed E-state index contributed by atoms with van der Waals surface area (Å²) in [6.07, 6.45) is 2.84. The second-order valence-corrected chi connectivity index (χ2v) is 11.5. The Balaban J connectivity index is 2.23. The lowest BCUT2D eigenvalue weighted by atomic mass is 10.1. The summed E-state index contributed by atoms with van der Waals surface area (Å²) in [5.74, 6) is -0.388. The lowest BCUT2D eigenvalue weighted by Gasteiger charge is -2.32. The maximum Gasteiger partial charge on any atom is 0.243 e. The van der Waals surface area contributed by atoms with E-state index in [1.807, 2.05) is 52.0 Å². The van der Waals surface area contributed by atoms with E-state index in [9.17, 15) is 18.0 Å². The van der Waals surface area contributed by atoms with Gasteiger partial charge in [-0.2, -0.15) is 0 Å². The Hall–Kier alpha value is -2.58. The zero-order valence-electron chi connectivity index (χ0n) is 21.8. The number of carbonyl (C=O) groups excluding carboxylic acids is 2. The third kappa shape index (κ3) is 8.52. The minimum absolute atomic E-state index is 0.00327. The number of para-hydroxylation sites is 1. The molecule has 0 spiro atoms. The highest BCUT2D eigenvalue weighted by molar-refractivity contribution is 7.92. The summed E-state index contributed by atoms with van der Waals surface area (Å²) in [5.41, 5.74) is 2.30. The number of sulfonamides is 1. The molecule has 1 N–H and O–H groups in total. The standard InChI is InChI=1S/C27H38ClN3O4S/c1-6-21(4)29-27(33)24(7-2)30(19-22-14-16-23(28)17-15-22)26(32)13-10-18-31(36(5,34)35)25-12-9-8-11-20(25)3/h8-9,11-12,14-17,21,24H,6-7,10,13,18-19H2,1-5H3,(H,29,33)/t21-,24+/m1/s1. The van der Waals surface area contributed by atoms with Gasteiger partial charge in [-0.25, -0.2) is 8.42 Å². The summed E-state index contributed by atoms with van der Waals surface area (Å²) >= 11 is 6.02. The molecule has 2 aromatic carbocycles. The van der Waals surface area contributed by atoms with E-state index in [1.54, 1.807) is 29.2 Å². The first-order chi connectivity index (χ1) is 17.0. The number of aryl methyl sites for hydroxylation is 1. The van der Waals surface area contributed by atoms with Gasteiger partial charge in [0.2, 0.25) is 21.8 Å². The zero-order chi connectivity index (χ0) is 26.9. The molecular weight excluding hydrogens is 498 g/mol. The first kappa shape index (κ1) is 29.6. The summed E-state index contributed by atoms with van der Waals surface area (Å²) in [5, 5.41) is 3.58. The van der Waals surface area contributed by atoms with E-state index >= 15 is 0 Å². The lowest BCUT2D eigenvalue weighted by molar-refractivity contribution is -0.141. The first-order valence-corrected chi connectivity index (χ1v) is 14.6. The minimum atomic E-state index is -3.53. The molecular formula is C27H38ClN3O4S. The predicted octanol–water partition coefficient (Wildman–Crippen LogP) is 4.92. The van der Waals surface area contributed by atoms with Crippen LogP contribution in [-0.2, 0) is 26.2 Å². The molecule has 0 bridgehead atoms. The second-order valence-electron chi connectivity index (χ2n) is 9.12. The monoisotopic (exact) mass is 535 g/mol. The molecule has 0 aliphatic carbocycles. The molecule has 7 nitrogen and oxygen atoms in total. The largest absolute Gasteiger partial charge is 0.352 e. The van der Waals surface area contributed by atoms with Crippen LogP contribution in [0.15, 0.2) is 48.5 Å². The number of hydrogen-bond donors (Lipinski definition) is 1. The highest BCUT2D eigenvalue weighted by atomic mass is 35.5. The fourth-order valence-electron chi connectivity index (χ4n) is 3.97. The van der Waals surface area contributed by atoms with Crippen LogP contribution in [0.2, 0.25) is 5.02 Å². The van der Waals surface area contributed by atoms with Gasteiger partial charge >= 0.3 is 0 Å². The molecule has 36 heavy (non-hydrogen) atoms. The van der Waals surface area contributed by atoms with Crippen molar-refractivity contribution < 1.29 is 18.0 Å². The van der Waals surface area contributed by atoms with Gasteiger partial charge in [0.1, 0.15) is 6.04 Å². The molecule has 2 rings (SSSR count). The molecule has 198 valence electrons. The topological polar surface area (TPSA) is 86.8 Å². The van der Waals surface area contributed by atoms with Crippen LogP contribution in [0.4, 0.5) is 5.69 Å². The predicted molar refractivity (Wildman–Crippen MR) is 147 cm³/mol. The van der Waals surface area contributed by atoms with Gasteiger partial charge in [0.15, 0.2) is 0 Å². The number of benzene rings is 2. The molecule has 0 unspecified atom stereocenters. The number of halogens is 1. The summed E-state index contributed by atoms with van der Waals surface area (Å²) in [7, 11) is -3.53.